The van der Waals surface area contributed by atoms with Gasteiger partial charge in [0.25, 0.3) is 6.47 Å². The van der Waals surface area contributed by atoms with Crippen molar-refractivity contribution < 1.29 is 19.4 Å². The number of carbonyl (C=O) groups excluding carboxylic acids is 1. The molecule has 5 heteroatoms. The average molecular weight is 333 g/mol. The molecule has 1 unspecified atom stereocenters. The fraction of sp³-hybridized carbons (Fsp3) is 0.579. The van der Waals surface area contributed by atoms with Crippen molar-refractivity contribution in [3.63, 3.8) is 0 Å². The second-order valence-corrected chi connectivity index (χ2v) is 6.58. The van der Waals surface area contributed by atoms with Gasteiger partial charge in [-0.1, -0.05) is 25.0 Å². The maximum absolute atomic E-state index is 12.4. The van der Waals surface area contributed by atoms with Crippen LogP contribution in [0.4, 0.5) is 0 Å². The van der Waals surface area contributed by atoms with Gasteiger partial charge in [-0.3, -0.25) is 9.59 Å². The number of hydrogen-bond donors (Lipinski definition) is 1. The first kappa shape index (κ1) is 18.3. The van der Waals surface area contributed by atoms with Crippen molar-refractivity contribution in [1.82, 2.24) is 4.90 Å². The molecule has 1 aromatic rings. The van der Waals surface area contributed by atoms with Gasteiger partial charge in [0.2, 0.25) is 5.91 Å². The number of carbonyl (C=O) groups is 2. The Kier molecular flexibility index (Phi) is 7.09. The topological polar surface area (TPSA) is 66.8 Å². The molecule has 0 spiro atoms. The summed E-state index contributed by atoms with van der Waals surface area (Å²) in [6, 6.07) is 8.32. The summed E-state index contributed by atoms with van der Waals surface area (Å²) < 4.78 is 5.19. The van der Waals surface area contributed by atoms with Crippen molar-refractivity contribution in [1.29, 1.82) is 0 Å². The Morgan fingerprint density at radius 2 is 1.88 bits per heavy atom. The number of nitrogens with zero attached hydrogens (tertiary/aromatic N) is 1. The molecule has 0 bridgehead atoms. The van der Waals surface area contributed by atoms with Crippen molar-refractivity contribution in [3.05, 3.63) is 29.8 Å². The normalized spacial score (nSPS) is 20.4. The lowest BCUT2D eigenvalue weighted by molar-refractivity contribution is -0.134. The summed E-state index contributed by atoms with van der Waals surface area (Å²) >= 11 is 0. The standard InChI is InChI=1S/C18H25NO2.CH2O2/c1-21-17-8-6-14(7-9-17)12-15-10-11-19(13-15)18(20)16-4-2-3-5-16;2-1-3/h6-9,15-16H,2-5,10-13H2,1H3;1H,(H,2,3). The van der Waals surface area contributed by atoms with Crippen molar-refractivity contribution in [3.8, 4) is 5.75 Å². The van der Waals surface area contributed by atoms with Gasteiger partial charge in [-0.05, 0) is 49.3 Å². The molecule has 1 saturated carbocycles. The van der Waals surface area contributed by atoms with E-state index in [2.05, 4.69) is 17.0 Å². The molecule has 1 aromatic carbocycles. The summed E-state index contributed by atoms with van der Waals surface area (Å²) in [4.78, 5) is 22.9. The molecule has 1 atom stereocenters. The Labute approximate surface area is 143 Å². The van der Waals surface area contributed by atoms with Crippen LogP contribution in [0.2, 0.25) is 0 Å². The van der Waals surface area contributed by atoms with Crippen molar-refractivity contribution in [2.75, 3.05) is 20.2 Å². The van der Waals surface area contributed by atoms with Crippen LogP contribution in [0, 0.1) is 11.8 Å². The van der Waals surface area contributed by atoms with E-state index in [-0.39, 0.29) is 6.47 Å². The molecule has 1 aliphatic heterocycles. The highest BCUT2D eigenvalue weighted by molar-refractivity contribution is 5.79. The minimum atomic E-state index is -0.250. The van der Waals surface area contributed by atoms with Crippen LogP contribution in [-0.2, 0) is 16.0 Å². The van der Waals surface area contributed by atoms with Crippen LogP contribution in [0.3, 0.4) is 0 Å². The smallest absolute Gasteiger partial charge is 0.290 e. The Balaban J connectivity index is 0.000000647. The van der Waals surface area contributed by atoms with Gasteiger partial charge in [0.15, 0.2) is 0 Å². The van der Waals surface area contributed by atoms with Crippen LogP contribution in [0.25, 0.3) is 0 Å². The molecule has 1 amide bonds. The monoisotopic (exact) mass is 333 g/mol. The fourth-order valence-corrected chi connectivity index (χ4v) is 3.73. The third kappa shape index (κ3) is 4.98. The largest absolute Gasteiger partial charge is 0.497 e. The number of ether oxygens (including phenoxy) is 1. The zero-order valence-electron chi connectivity index (χ0n) is 14.3. The van der Waals surface area contributed by atoms with Crippen molar-refractivity contribution >= 4 is 12.4 Å². The molecule has 0 aromatic heterocycles. The Hall–Kier alpha value is -2.04. The molecular formula is C19H27NO4. The predicted molar refractivity (Wildman–Crippen MR) is 92.0 cm³/mol. The van der Waals surface area contributed by atoms with Crippen LogP contribution in [0.5, 0.6) is 5.75 Å². The zero-order valence-corrected chi connectivity index (χ0v) is 14.3. The minimum absolute atomic E-state index is 0.250. The summed E-state index contributed by atoms with van der Waals surface area (Å²) in [6.07, 6.45) is 6.90. The molecule has 2 aliphatic rings. The average Bonchev–Trinajstić information content (AvgIpc) is 3.28. The second-order valence-electron chi connectivity index (χ2n) is 6.58. The third-order valence-electron chi connectivity index (χ3n) is 4.99. The van der Waals surface area contributed by atoms with Gasteiger partial charge < -0.3 is 14.7 Å². The number of hydrogen-bond acceptors (Lipinski definition) is 3. The first-order chi connectivity index (χ1) is 11.7. The van der Waals surface area contributed by atoms with Gasteiger partial charge in [-0.2, -0.15) is 0 Å². The van der Waals surface area contributed by atoms with Crippen LogP contribution in [-0.4, -0.2) is 42.6 Å². The molecule has 5 nitrogen and oxygen atoms in total. The molecule has 1 saturated heterocycles. The van der Waals surface area contributed by atoms with Crippen molar-refractivity contribution in [2.24, 2.45) is 11.8 Å². The number of methoxy groups -OCH3 is 1. The first-order valence-electron chi connectivity index (χ1n) is 8.67. The molecule has 1 N–H and O–H groups in total. The predicted octanol–water partition coefficient (Wildman–Crippen LogP) is 2.98. The van der Waals surface area contributed by atoms with Gasteiger partial charge in [0.1, 0.15) is 5.75 Å². The van der Waals surface area contributed by atoms with E-state index in [4.69, 9.17) is 14.6 Å². The van der Waals surface area contributed by atoms with Gasteiger partial charge in [0.05, 0.1) is 7.11 Å². The van der Waals surface area contributed by atoms with E-state index < -0.39 is 0 Å². The highest BCUT2D eigenvalue weighted by Gasteiger charge is 2.32. The number of likely N-dealkylation sites (tertiary alicyclic amines) is 1. The Morgan fingerprint density at radius 3 is 2.46 bits per heavy atom. The van der Waals surface area contributed by atoms with Gasteiger partial charge in [0, 0.05) is 19.0 Å². The first-order valence-corrected chi connectivity index (χ1v) is 8.67. The second kappa shape index (κ2) is 9.30. The van der Waals surface area contributed by atoms with Crippen LogP contribution in [0.15, 0.2) is 24.3 Å². The molecule has 24 heavy (non-hydrogen) atoms. The molecule has 1 heterocycles. The molecule has 1 aliphatic carbocycles. The van der Waals surface area contributed by atoms with E-state index in [0.717, 1.165) is 44.5 Å². The summed E-state index contributed by atoms with van der Waals surface area (Å²) in [5.74, 6) is 2.27. The lowest BCUT2D eigenvalue weighted by atomic mass is 9.98. The van der Waals surface area contributed by atoms with Crippen LogP contribution < -0.4 is 4.74 Å². The third-order valence-corrected chi connectivity index (χ3v) is 4.99. The van der Waals surface area contributed by atoms with Gasteiger partial charge >= 0.3 is 0 Å². The van der Waals surface area contributed by atoms with E-state index in [1.165, 1.54) is 18.4 Å². The Morgan fingerprint density at radius 1 is 1.25 bits per heavy atom. The van der Waals surface area contributed by atoms with Gasteiger partial charge in [-0.25, -0.2) is 0 Å². The summed E-state index contributed by atoms with van der Waals surface area (Å²) in [5.41, 5.74) is 1.34. The lowest BCUT2D eigenvalue weighted by Crippen LogP contribution is -2.33. The number of carboxylic acid groups (broad SMARTS) is 1. The number of rotatable bonds is 4. The summed E-state index contributed by atoms with van der Waals surface area (Å²) in [7, 11) is 1.69. The molecule has 2 fully saturated rings. The number of benzene rings is 1. The highest BCUT2D eigenvalue weighted by atomic mass is 16.5. The SMILES string of the molecule is COc1ccc(CC2CCN(C(=O)C3CCCC3)C2)cc1.O=CO. The van der Waals surface area contributed by atoms with E-state index >= 15 is 0 Å². The van der Waals surface area contributed by atoms with Gasteiger partial charge in [-0.15, -0.1) is 0 Å². The van der Waals surface area contributed by atoms with E-state index in [1.807, 2.05) is 12.1 Å². The maximum atomic E-state index is 12.4. The fourth-order valence-electron chi connectivity index (χ4n) is 3.73. The van der Waals surface area contributed by atoms with Crippen LogP contribution in [0.1, 0.15) is 37.7 Å². The minimum Gasteiger partial charge on any atom is -0.497 e. The quantitative estimate of drug-likeness (QED) is 0.860. The molecule has 3 rings (SSSR count). The lowest BCUT2D eigenvalue weighted by Gasteiger charge is -2.20. The highest BCUT2D eigenvalue weighted by Crippen LogP contribution is 2.29. The number of amides is 1. The van der Waals surface area contributed by atoms with Crippen LogP contribution >= 0.6 is 0 Å². The zero-order chi connectivity index (χ0) is 17.4. The molecule has 132 valence electrons. The summed E-state index contributed by atoms with van der Waals surface area (Å²) in [6.45, 7) is 1.65. The van der Waals surface area contributed by atoms with E-state index in [1.54, 1.807) is 7.11 Å². The Bertz CT molecular complexity index is 523. The van der Waals surface area contributed by atoms with E-state index in [0.29, 0.717) is 17.7 Å². The summed E-state index contributed by atoms with van der Waals surface area (Å²) in [5, 5.41) is 6.89. The van der Waals surface area contributed by atoms with E-state index in [9.17, 15) is 4.79 Å². The molecule has 0 radical (unpaired) electrons. The van der Waals surface area contributed by atoms with Crippen molar-refractivity contribution in [2.45, 2.75) is 38.5 Å². The maximum Gasteiger partial charge on any atom is 0.290 e. The molecular weight excluding hydrogens is 306 g/mol.